The summed E-state index contributed by atoms with van der Waals surface area (Å²) in [6, 6.07) is 8.29. The van der Waals surface area contributed by atoms with E-state index in [0.29, 0.717) is 26.3 Å². The van der Waals surface area contributed by atoms with Crippen LogP contribution in [0.4, 0.5) is 0 Å². The van der Waals surface area contributed by atoms with Gasteiger partial charge in [0.05, 0.1) is 0 Å². The Kier molecular flexibility index (Phi) is 1.49. The molecule has 0 fully saturated rings. The van der Waals surface area contributed by atoms with Crippen molar-refractivity contribution >= 4 is 46.5 Å². The van der Waals surface area contributed by atoms with Crippen LogP contribution in [0.1, 0.15) is 0 Å². The van der Waals surface area contributed by atoms with Crippen molar-refractivity contribution in [1.82, 2.24) is 9.97 Å². The average molecular weight is 286 g/mol. The molecule has 4 heteroatoms. The van der Waals surface area contributed by atoms with Gasteiger partial charge in [-0.2, -0.15) is 0 Å². The van der Waals surface area contributed by atoms with Crippen LogP contribution in [0.3, 0.4) is 0 Å². The zero-order chi connectivity index (χ0) is 7.97. The Hall–Kier alpha value is -0.401. The molecule has 0 amide bonds. The second kappa shape index (κ2) is 2.54. The van der Waals surface area contributed by atoms with Gasteiger partial charge in [0, 0.05) is 0 Å². The first-order valence-corrected chi connectivity index (χ1v) is 9.59. The molecule has 0 saturated carbocycles. The van der Waals surface area contributed by atoms with Crippen LogP contribution in [-0.4, -0.2) is 36.2 Å². The van der Waals surface area contributed by atoms with Gasteiger partial charge >= 0.3 is 80.7 Å². The van der Waals surface area contributed by atoms with Gasteiger partial charge in [0.15, 0.2) is 0 Å². The van der Waals surface area contributed by atoms with Gasteiger partial charge in [-0.15, -0.1) is 0 Å². The third kappa shape index (κ3) is 0.932. The molecular weight excluding hydrogens is 282 g/mol. The molecule has 1 aromatic heterocycles. The summed E-state index contributed by atoms with van der Waals surface area (Å²) >= 11 is 1.15. The van der Waals surface area contributed by atoms with E-state index in [1.54, 1.807) is 0 Å². The Morgan fingerprint density at radius 2 is 1.92 bits per heavy atom. The molecule has 2 nitrogen and oxygen atoms in total. The summed E-state index contributed by atoms with van der Waals surface area (Å²) in [4.78, 5) is 8.94. The molecule has 1 aliphatic heterocycles. The third-order valence-corrected chi connectivity index (χ3v) is 7.85. The standard InChI is InChI=1S/C8H4N2Se2/c1-2-4-6-5(3-1)7-10-8(9-6)12-11-7/h1-4H. The van der Waals surface area contributed by atoms with Crippen LogP contribution in [0.25, 0.3) is 10.9 Å². The van der Waals surface area contributed by atoms with E-state index >= 15 is 0 Å². The van der Waals surface area contributed by atoms with Crippen LogP contribution in [0.15, 0.2) is 24.3 Å². The van der Waals surface area contributed by atoms with Gasteiger partial charge in [-0.25, -0.2) is 0 Å². The van der Waals surface area contributed by atoms with E-state index in [1.165, 1.54) is 9.98 Å². The van der Waals surface area contributed by atoms with E-state index in [2.05, 4.69) is 28.2 Å². The Labute approximate surface area is 80.7 Å². The molecule has 0 N–H and O–H groups in total. The maximum atomic E-state index is 4.48. The van der Waals surface area contributed by atoms with Crippen LogP contribution in [0, 0.1) is 0 Å². The van der Waals surface area contributed by atoms with Gasteiger partial charge in [-0.05, 0) is 0 Å². The van der Waals surface area contributed by atoms with Gasteiger partial charge in [0.1, 0.15) is 0 Å². The average Bonchev–Trinajstić information content (AvgIpc) is 2.49. The second-order valence-electron chi connectivity index (χ2n) is 2.50. The fourth-order valence-electron chi connectivity index (χ4n) is 1.20. The summed E-state index contributed by atoms with van der Waals surface area (Å²) in [7, 11) is 0. The van der Waals surface area contributed by atoms with E-state index in [4.69, 9.17) is 0 Å². The van der Waals surface area contributed by atoms with Crippen molar-refractivity contribution in [3.8, 4) is 0 Å². The van der Waals surface area contributed by atoms with E-state index < -0.39 is 0 Å². The van der Waals surface area contributed by atoms with Crippen LogP contribution >= 0.6 is 0 Å². The summed E-state index contributed by atoms with van der Waals surface area (Å²) in [5, 5.41) is 1.26. The van der Waals surface area contributed by atoms with Crippen molar-refractivity contribution in [2.24, 2.45) is 0 Å². The Bertz CT molecular complexity index is 456. The van der Waals surface area contributed by atoms with Crippen molar-refractivity contribution in [2.75, 3.05) is 0 Å². The van der Waals surface area contributed by atoms with Crippen molar-refractivity contribution < 1.29 is 0 Å². The Morgan fingerprint density at radius 1 is 1.00 bits per heavy atom. The summed E-state index contributed by atoms with van der Waals surface area (Å²) in [6.45, 7) is 0. The minimum atomic E-state index is 0.557. The van der Waals surface area contributed by atoms with Crippen molar-refractivity contribution in [3.63, 3.8) is 0 Å². The second-order valence-corrected chi connectivity index (χ2v) is 8.41. The number of rotatable bonds is 0. The predicted octanol–water partition coefficient (Wildman–Crippen LogP) is -0.783. The monoisotopic (exact) mass is 288 g/mol. The van der Waals surface area contributed by atoms with Crippen molar-refractivity contribution in [3.05, 3.63) is 24.3 Å². The Morgan fingerprint density at radius 3 is 2.92 bits per heavy atom. The zero-order valence-corrected chi connectivity index (χ0v) is 9.45. The van der Waals surface area contributed by atoms with Gasteiger partial charge in [-0.3, -0.25) is 0 Å². The number of nitrogens with zero attached hydrogens (tertiary/aromatic N) is 2. The van der Waals surface area contributed by atoms with Gasteiger partial charge in [0.25, 0.3) is 0 Å². The minimum absolute atomic E-state index is 0.557. The number of aromatic nitrogens is 2. The van der Waals surface area contributed by atoms with Crippen molar-refractivity contribution in [1.29, 1.82) is 0 Å². The molecule has 2 aromatic rings. The maximum absolute atomic E-state index is 4.48. The molecule has 58 valence electrons. The van der Waals surface area contributed by atoms with E-state index in [1.807, 2.05) is 6.07 Å². The number of benzene rings is 1. The SMILES string of the molecule is c1ccc2c3nc(nc2c1)[Se][Se]3. The number of hydrogen-bond acceptors (Lipinski definition) is 2. The fraction of sp³-hybridized carbons (Fsp3) is 0. The van der Waals surface area contributed by atoms with Crippen LogP contribution in [0.2, 0.25) is 0 Å². The molecular formula is C8H4N2Se2. The summed E-state index contributed by atoms with van der Waals surface area (Å²) in [5.74, 6) is 0. The number of hydrogen-bond donors (Lipinski definition) is 0. The first kappa shape index (κ1) is 7.05. The molecule has 0 spiro atoms. The quantitative estimate of drug-likeness (QED) is 0.594. The van der Waals surface area contributed by atoms with Crippen molar-refractivity contribution in [2.45, 2.75) is 0 Å². The van der Waals surface area contributed by atoms with Gasteiger partial charge in [-0.1, -0.05) is 0 Å². The first-order chi connectivity index (χ1) is 5.93. The van der Waals surface area contributed by atoms with E-state index in [9.17, 15) is 0 Å². The topological polar surface area (TPSA) is 25.8 Å². The summed E-state index contributed by atoms with van der Waals surface area (Å²) in [6.07, 6.45) is 0. The molecule has 0 radical (unpaired) electrons. The molecule has 1 aromatic carbocycles. The molecule has 1 aliphatic rings. The van der Waals surface area contributed by atoms with Gasteiger partial charge in [0.2, 0.25) is 0 Å². The molecule has 12 heavy (non-hydrogen) atoms. The third-order valence-electron chi connectivity index (χ3n) is 1.74. The molecule has 0 unspecified atom stereocenters. The van der Waals surface area contributed by atoms with E-state index in [-0.39, 0.29) is 0 Å². The fourth-order valence-corrected chi connectivity index (χ4v) is 7.05. The zero-order valence-electron chi connectivity index (χ0n) is 6.02. The first-order valence-electron chi connectivity index (χ1n) is 3.55. The van der Waals surface area contributed by atoms with E-state index in [0.717, 1.165) is 10.2 Å². The number of para-hydroxylation sites is 1. The molecule has 0 aliphatic carbocycles. The molecule has 3 rings (SSSR count). The van der Waals surface area contributed by atoms with Crippen LogP contribution < -0.4 is 9.32 Å². The Balaban J connectivity index is 2.52. The summed E-state index contributed by atoms with van der Waals surface area (Å²) < 4.78 is 2.40. The van der Waals surface area contributed by atoms with Gasteiger partial charge < -0.3 is 0 Å². The summed E-state index contributed by atoms with van der Waals surface area (Å²) in [5.41, 5.74) is 1.12. The predicted molar refractivity (Wildman–Crippen MR) is 50.3 cm³/mol. The molecule has 2 bridgehead atoms. The van der Waals surface area contributed by atoms with Crippen LogP contribution in [-0.2, 0) is 0 Å². The van der Waals surface area contributed by atoms with Crippen LogP contribution in [0.5, 0.6) is 0 Å². The molecule has 0 atom stereocenters. The normalized spacial score (nSPS) is 14.0. The number of fused-ring (bicyclic) bond motifs is 4. The molecule has 2 heterocycles. The molecule has 0 saturated heterocycles.